The second-order valence-corrected chi connectivity index (χ2v) is 26.4. The number of amides is 1. The highest BCUT2D eigenvalue weighted by Crippen LogP contribution is 2.51. The van der Waals surface area contributed by atoms with E-state index in [0.29, 0.717) is 69.3 Å². The Kier molecular flexibility index (Phi) is 20.8. The first-order chi connectivity index (χ1) is 36.0. The Labute approximate surface area is 458 Å². The number of halogens is 1. The van der Waals surface area contributed by atoms with E-state index in [1.54, 1.807) is 39.3 Å². The first kappa shape index (κ1) is 62.7. The lowest BCUT2D eigenvalue weighted by atomic mass is 9.62. The number of aromatic nitrogens is 3. The molecule has 3 N–H and O–H groups in total. The molecule has 4 fully saturated rings. The number of benzene rings is 1. The van der Waals surface area contributed by atoms with Crippen molar-refractivity contribution in [2.75, 3.05) is 33.6 Å². The predicted molar refractivity (Wildman–Crippen MR) is 291 cm³/mol. The molecule has 1 aliphatic carbocycles. The molecule has 4 aliphatic rings. The van der Waals surface area contributed by atoms with Crippen LogP contribution in [0.2, 0.25) is 0 Å². The van der Waals surface area contributed by atoms with Crippen LogP contribution in [0.1, 0.15) is 145 Å². The highest BCUT2D eigenvalue weighted by atomic mass is 32.2. The van der Waals surface area contributed by atoms with Crippen molar-refractivity contribution in [2.24, 2.45) is 45.9 Å². The number of nitrogens with zero attached hydrogens (tertiary/aromatic N) is 5. The number of cyclic esters (lactones) is 1. The molecule has 4 heterocycles. The summed E-state index contributed by atoms with van der Waals surface area (Å²) in [6.45, 7) is 25.1. The van der Waals surface area contributed by atoms with Gasteiger partial charge in [-0.3, -0.25) is 9.59 Å². The number of carbonyl (C=O) groups excluding carboxylic acids is 2. The molecule has 0 spiro atoms. The molecule has 77 heavy (non-hydrogen) atoms. The number of sulfone groups is 1. The van der Waals surface area contributed by atoms with Gasteiger partial charge in [-0.1, -0.05) is 71.0 Å². The number of aliphatic hydroxyl groups excluding tert-OH is 2. The van der Waals surface area contributed by atoms with Crippen molar-refractivity contribution in [3.63, 3.8) is 0 Å². The van der Waals surface area contributed by atoms with E-state index >= 15 is 4.79 Å². The normalized spacial score (nSPS) is 39.1. The Hall–Kier alpha value is -3.53. The molecular formula is C58H92FN5O12S. The lowest BCUT2D eigenvalue weighted by Gasteiger charge is -2.53. The van der Waals surface area contributed by atoms with Gasteiger partial charge in [0.25, 0.3) is 0 Å². The van der Waals surface area contributed by atoms with Crippen molar-refractivity contribution in [1.29, 1.82) is 0 Å². The number of esters is 1. The van der Waals surface area contributed by atoms with Gasteiger partial charge in [0, 0.05) is 69.5 Å². The van der Waals surface area contributed by atoms with E-state index in [0.717, 1.165) is 17.4 Å². The number of fused-ring (bicyclic) bond motifs is 5. The van der Waals surface area contributed by atoms with Gasteiger partial charge in [-0.2, -0.15) is 0 Å². The van der Waals surface area contributed by atoms with Gasteiger partial charge in [-0.25, -0.2) is 22.5 Å². The molecule has 2 aromatic rings. The Balaban J connectivity index is 1.38. The standard InChI is InChI=1S/C58H92FN5O12S/c1-16-48-58(12,69)45-22-17-33(2)23-25-56(10,29-34(3)50(36(45)5)60-40(9)65)53(37(6)49(38(7)54(68)75-48)47-30-57(11,72-14)52(67)39(8)74-47)76-55-51(66)46(27-35(4)73-55)63(13)26-24-42-32-64(62-61-42)43(31-59)28-41-18-20-44(21-19-41)77(15,70)71/h18-21,32,34-39,43,45-49,51-53,55,66-67,69H,2,16-17,22-31H2,1,3-15H3/t34-,35-,36-,37+,38-,39+,43+,45-,46+,47?,48-,49+,51-,52+,53-,55+,56-,57-,58+/m1/s1. The summed E-state index contributed by atoms with van der Waals surface area (Å²) >= 11 is 0. The van der Waals surface area contributed by atoms with E-state index in [-0.39, 0.29) is 35.7 Å². The Morgan fingerprint density at radius 2 is 1.73 bits per heavy atom. The maximum Gasteiger partial charge on any atom is 0.309 e. The van der Waals surface area contributed by atoms with Gasteiger partial charge < -0.3 is 43.9 Å². The van der Waals surface area contributed by atoms with Crippen LogP contribution in [0, 0.1) is 40.9 Å². The Bertz CT molecular complexity index is 2470. The third kappa shape index (κ3) is 14.3. The fourth-order valence-corrected chi connectivity index (χ4v) is 14.3. The highest BCUT2D eigenvalue weighted by Gasteiger charge is 2.56. The minimum atomic E-state index is -3.38. The highest BCUT2D eigenvalue weighted by molar-refractivity contribution is 7.90. The van der Waals surface area contributed by atoms with Crippen molar-refractivity contribution >= 4 is 27.4 Å². The molecule has 19 heteroatoms. The van der Waals surface area contributed by atoms with E-state index in [2.05, 4.69) is 42.6 Å². The third-order valence-electron chi connectivity index (χ3n) is 18.3. The lowest BCUT2D eigenvalue weighted by molar-refractivity contribution is -0.296. The minimum Gasteiger partial charge on any atom is -0.459 e. The molecule has 1 aromatic heterocycles. The number of carbonyl (C=O) groups is 2. The van der Waals surface area contributed by atoms with Crippen LogP contribution in [0.3, 0.4) is 0 Å². The van der Waals surface area contributed by atoms with Gasteiger partial charge in [-0.05, 0) is 127 Å². The van der Waals surface area contributed by atoms with Crippen molar-refractivity contribution in [1.82, 2.24) is 19.9 Å². The minimum absolute atomic E-state index is 0.189. The SMILES string of the molecule is C=C1CC[C@@H]2[C@@H](C)C(=NC(C)=O)[C@H](C)C[C@@](C)(CC1)[C@H](O[C@@H]1O[C@H](C)C[C@H](N(C)CCc3cn([C@H](CF)Cc4ccc(S(C)(=O)=O)cc4)nn3)[C@H]1O)[C@@H](C)[C@H](C1C[C@@](C)(OC)[C@@H](O)[C@H](C)O1)[C@@H](C)C(=O)O[C@H](CC)[C@@]2(C)O. The number of hydrogen-bond acceptors (Lipinski definition) is 15. The van der Waals surface area contributed by atoms with Crippen molar-refractivity contribution < 1.29 is 61.4 Å². The zero-order valence-electron chi connectivity index (χ0n) is 48.4. The van der Waals surface area contributed by atoms with Crippen LogP contribution in [-0.2, 0) is 56.0 Å². The van der Waals surface area contributed by atoms with Crippen LogP contribution in [0.15, 0.2) is 52.5 Å². The second kappa shape index (κ2) is 25.5. The van der Waals surface area contributed by atoms with E-state index in [1.165, 1.54) is 23.7 Å². The summed E-state index contributed by atoms with van der Waals surface area (Å²) in [7, 11) is 0.117. The number of hydrogen-bond donors (Lipinski definition) is 3. The van der Waals surface area contributed by atoms with Gasteiger partial charge in [0.2, 0.25) is 5.91 Å². The maximum atomic E-state index is 15.0. The third-order valence-corrected chi connectivity index (χ3v) is 19.4. The first-order valence-corrected chi connectivity index (χ1v) is 29.9. The molecule has 0 radical (unpaired) electrons. The van der Waals surface area contributed by atoms with Crippen molar-refractivity contribution in [3.05, 3.63) is 53.9 Å². The monoisotopic (exact) mass is 1100 g/mol. The molecule has 3 aliphatic heterocycles. The summed E-state index contributed by atoms with van der Waals surface area (Å²) in [6, 6.07) is 5.30. The number of methoxy groups -OCH3 is 1. The molecule has 3 saturated heterocycles. The summed E-state index contributed by atoms with van der Waals surface area (Å²) in [5, 5.41) is 45.6. The van der Waals surface area contributed by atoms with Gasteiger partial charge in [-0.15, -0.1) is 5.10 Å². The number of aliphatic imine (C=N–C) groups is 1. The topological polar surface area (TPSA) is 221 Å². The number of ether oxygens (including phenoxy) is 5. The molecular weight excluding hydrogens is 1010 g/mol. The smallest absolute Gasteiger partial charge is 0.309 e. The lowest BCUT2D eigenvalue weighted by Crippen LogP contribution is -2.61. The molecule has 1 saturated carbocycles. The van der Waals surface area contributed by atoms with Crippen molar-refractivity contribution in [2.45, 2.75) is 218 Å². The number of allylic oxidation sites excluding steroid dienone is 1. The van der Waals surface area contributed by atoms with Gasteiger partial charge in [0.05, 0.1) is 52.6 Å². The van der Waals surface area contributed by atoms with Crippen LogP contribution in [-0.4, -0.2) is 161 Å². The average Bonchev–Trinajstić information content (AvgIpc) is 3.84. The van der Waals surface area contributed by atoms with Gasteiger partial charge in [0.15, 0.2) is 16.1 Å². The molecule has 17 nitrogen and oxygen atoms in total. The van der Waals surface area contributed by atoms with Crippen LogP contribution in [0.4, 0.5) is 4.39 Å². The summed E-state index contributed by atoms with van der Waals surface area (Å²) in [6.07, 6.45) is 0.730. The second-order valence-electron chi connectivity index (χ2n) is 24.3. The van der Waals surface area contributed by atoms with Crippen LogP contribution < -0.4 is 0 Å². The molecule has 6 rings (SSSR count). The van der Waals surface area contributed by atoms with E-state index in [4.69, 9.17) is 28.7 Å². The molecule has 2 bridgehead atoms. The van der Waals surface area contributed by atoms with E-state index < -0.39 is 124 Å². The number of rotatable bonds is 14. The average molecular weight is 1100 g/mol. The number of likely N-dealkylation sites (N-methyl/N-ethyl adjacent to an activating group) is 1. The molecule has 1 unspecified atom stereocenters. The zero-order chi connectivity index (χ0) is 57.1. The molecule has 19 atom stereocenters. The summed E-state index contributed by atoms with van der Waals surface area (Å²) in [5.41, 5.74) is -0.313. The van der Waals surface area contributed by atoms with Gasteiger partial charge in [0.1, 0.15) is 30.6 Å². The van der Waals surface area contributed by atoms with Gasteiger partial charge >= 0.3 is 5.97 Å². The maximum absolute atomic E-state index is 15.0. The number of alkyl halides is 1. The predicted octanol–water partition coefficient (Wildman–Crippen LogP) is 7.48. The summed E-state index contributed by atoms with van der Waals surface area (Å²) in [5.74, 6) is -4.05. The Morgan fingerprint density at radius 1 is 1.05 bits per heavy atom. The van der Waals surface area contributed by atoms with Crippen molar-refractivity contribution in [3.8, 4) is 0 Å². The Morgan fingerprint density at radius 3 is 2.34 bits per heavy atom. The first-order valence-electron chi connectivity index (χ1n) is 28.0. The molecule has 434 valence electrons. The summed E-state index contributed by atoms with van der Waals surface area (Å²) in [4.78, 5) is 35.2. The van der Waals surface area contributed by atoms with Crippen LogP contribution >= 0.6 is 0 Å². The van der Waals surface area contributed by atoms with Crippen LogP contribution in [0.5, 0.6) is 0 Å². The quantitative estimate of drug-likeness (QED) is 0.123. The van der Waals surface area contributed by atoms with E-state index in [1.807, 2.05) is 41.7 Å². The fourth-order valence-electron chi connectivity index (χ4n) is 13.7. The van der Waals surface area contributed by atoms with E-state index in [9.17, 15) is 32.9 Å². The fraction of sp³-hybridized carbons (Fsp3) is 0.776. The molecule has 1 aromatic carbocycles. The summed E-state index contributed by atoms with van der Waals surface area (Å²) < 4.78 is 73.5. The zero-order valence-corrected chi connectivity index (χ0v) is 49.2. The number of aliphatic hydroxyl groups is 3. The molecule has 1 amide bonds. The van der Waals surface area contributed by atoms with Crippen LogP contribution in [0.25, 0.3) is 0 Å². The largest absolute Gasteiger partial charge is 0.459 e.